The fourth-order valence-corrected chi connectivity index (χ4v) is 3.81. The summed E-state index contributed by atoms with van der Waals surface area (Å²) < 4.78 is 1.03. The Balaban J connectivity index is 2.26. The number of aromatic nitrogens is 2. The lowest BCUT2D eigenvalue weighted by Gasteiger charge is -2.03. The maximum atomic E-state index is 12.5. The first-order valence-corrected chi connectivity index (χ1v) is 8.49. The number of hydrogen-bond acceptors (Lipinski definition) is 3. The maximum Gasteiger partial charge on any atom is 0.260 e. The molecule has 3 rings (SSSR count). The molecule has 0 spiro atoms. The second-order valence-corrected chi connectivity index (χ2v) is 7.10. The van der Waals surface area contributed by atoms with Gasteiger partial charge in [0.15, 0.2) is 0 Å². The SMILES string of the molecule is CCCc1nc2sc(C)c(-c3ccc(Br)cc3)c2c(=O)[nH]1. The van der Waals surface area contributed by atoms with E-state index in [9.17, 15) is 4.79 Å². The Kier molecular flexibility index (Phi) is 3.95. The van der Waals surface area contributed by atoms with Crippen molar-refractivity contribution in [2.45, 2.75) is 26.7 Å². The average Bonchev–Trinajstić information content (AvgIpc) is 2.77. The monoisotopic (exact) mass is 362 g/mol. The molecule has 1 aromatic carbocycles. The molecule has 108 valence electrons. The fraction of sp³-hybridized carbons (Fsp3) is 0.250. The summed E-state index contributed by atoms with van der Waals surface area (Å²) in [5, 5.41) is 0.708. The predicted molar refractivity (Wildman–Crippen MR) is 92.1 cm³/mol. The maximum absolute atomic E-state index is 12.5. The van der Waals surface area contributed by atoms with Gasteiger partial charge in [-0.15, -0.1) is 11.3 Å². The fourth-order valence-electron chi connectivity index (χ4n) is 2.48. The number of H-pyrrole nitrogens is 1. The summed E-state index contributed by atoms with van der Waals surface area (Å²) in [5.74, 6) is 0.776. The van der Waals surface area contributed by atoms with Gasteiger partial charge in [0.25, 0.3) is 5.56 Å². The normalized spacial score (nSPS) is 11.2. The minimum Gasteiger partial charge on any atom is -0.310 e. The Morgan fingerprint density at radius 1 is 1.29 bits per heavy atom. The molecule has 0 unspecified atom stereocenters. The van der Waals surface area contributed by atoms with E-state index in [0.717, 1.165) is 44.0 Å². The van der Waals surface area contributed by atoms with Crippen LogP contribution in [-0.4, -0.2) is 9.97 Å². The van der Waals surface area contributed by atoms with Crippen LogP contribution in [0.15, 0.2) is 33.5 Å². The van der Waals surface area contributed by atoms with Gasteiger partial charge in [0.05, 0.1) is 5.39 Å². The molecular formula is C16H15BrN2OS. The third-order valence-electron chi connectivity index (χ3n) is 3.41. The number of halogens is 1. The molecule has 0 bridgehead atoms. The van der Waals surface area contributed by atoms with E-state index in [1.807, 2.05) is 31.2 Å². The van der Waals surface area contributed by atoms with Crippen LogP contribution in [0.25, 0.3) is 21.3 Å². The number of hydrogen-bond donors (Lipinski definition) is 1. The van der Waals surface area contributed by atoms with Crippen LogP contribution in [0.1, 0.15) is 24.0 Å². The Labute approximate surface area is 135 Å². The molecule has 0 radical (unpaired) electrons. The number of fused-ring (bicyclic) bond motifs is 1. The number of aromatic amines is 1. The van der Waals surface area contributed by atoms with Gasteiger partial charge >= 0.3 is 0 Å². The number of nitrogens with zero attached hydrogens (tertiary/aromatic N) is 1. The topological polar surface area (TPSA) is 45.8 Å². The van der Waals surface area contributed by atoms with Crippen molar-refractivity contribution in [3.63, 3.8) is 0 Å². The molecule has 3 nitrogen and oxygen atoms in total. The van der Waals surface area contributed by atoms with Gasteiger partial charge < -0.3 is 4.98 Å². The summed E-state index contributed by atoms with van der Waals surface area (Å²) in [6, 6.07) is 8.03. The lowest BCUT2D eigenvalue weighted by atomic mass is 10.0. The van der Waals surface area contributed by atoms with Crippen molar-refractivity contribution in [2.24, 2.45) is 0 Å². The average molecular weight is 363 g/mol. The predicted octanol–water partition coefficient (Wildman–Crippen LogP) is 4.68. The van der Waals surface area contributed by atoms with Crippen LogP contribution >= 0.6 is 27.3 Å². The molecule has 0 saturated heterocycles. The lowest BCUT2D eigenvalue weighted by Crippen LogP contribution is -2.11. The molecule has 0 fully saturated rings. The number of thiophene rings is 1. The van der Waals surface area contributed by atoms with E-state index in [-0.39, 0.29) is 5.56 Å². The van der Waals surface area contributed by atoms with Crippen molar-refractivity contribution >= 4 is 37.5 Å². The molecule has 21 heavy (non-hydrogen) atoms. The third-order valence-corrected chi connectivity index (χ3v) is 4.93. The van der Waals surface area contributed by atoms with E-state index in [4.69, 9.17) is 0 Å². The van der Waals surface area contributed by atoms with E-state index >= 15 is 0 Å². The first kappa shape index (κ1) is 14.5. The second-order valence-electron chi connectivity index (χ2n) is 4.98. The van der Waals surface area contributed by atoms with E-state index < -0.39 is 0 Å². The van der Waals surface area contributed by atoms with Crippen LogP contribution < -0.4 is 5.56 Å². The Morgan fingerprint density at radius 2 is 2.00 bits per heavy atom. The quantitative estimate of drug-likeness (QED) is 0.735. The van der Waals surface area contributed by atoms with Crippen molar-refractivity contribution in [3.8, 4) is 11.1 Å². The molecule has 0 aliphatic heterocycles. The van der Waals surface area contributed by atoms with Gasteiger partial charge in [0.1, 0.15) is 10.7 Å². The van der Waals surface area contributed by atoms with E-state index in [1.54, 1.807) is 11.3 Å². The van der Waals surface area contributed by atoms with Crippen LogP contribution in [0.5, 0.6) is 0 Å². The van der Waals surface area contributed by atoms with Gasteiger partial charge in [-0.3, -0.25) is 4.79 Å². The van der Waals surface area contributed by atoms with Crippen molar-refractivity contribution in [2.75, 3.05) is 0 Å². The second kappa shape index (κ2) is 5.73. The number of rotatable bonds is 3. The first-order chi connectivity index (χ1) is 10.1. The molecule has 0 aliphatic rings. The molecule has 0 aliphatic carbocycles. The molecule has 3 aromatic rings. The van der Waals surface area contributed by atoms with E-state index in [2.05, 4.69) is 32.8 Å². The number of benzene rings is 1. The van der Waals surface area contributed by atoms with Crippen molar-refractivity contribution in [1.29, 1.82) is 0 Å². The molecule has 1 N–H and O–H groups in total. The van der Waals surface area contributed by atoms with Crippen LogP contribution in [0.3, 0.4) is 0 Å². The molecule has 2 aromatic heterocycles. The highest BCUT2D eigenvalue weighted by atomic mass is 79.9. The highest BCUT2D eigenvalue weighted by Gasteiger charge is 2.16. The molecule has 5 heteroatoms. The summed E-state index contributed by atoms with van der Waals surface area (Å²) >= 11 is 5.03. The van der Waals surface area contributed by atoms with Crippen LogP contribution in [0.2, 0.25) is 0 Å². The molecule has 0 amide bonds. The number of aryl methyl sites for hydroxylation is 2. The van der Waals surface area contributed by atoms with E-state index in [0.29, 0.717) is 5.39 Å². The van der Waals surface area contributed by atoms with Crippen LogP contribution in [-0.2, 0) is 6.42 Å². The molecular weight excluding hydrogens is 348 g/mol. The van der Waals surface area contributed by atoms with Gasteiger partial charge in [-0.25, -0.2) is 4.98 Å². The summed E-state index contributed by atoms with van der Waals surface area (Å²) in [5.41, 5.74) is 2.02. The molecule has 0 atom stereocenters. The first-order valence-electron chi connectivity index (χ1n) is 6.88. The van der Waals surface area contributed by atoms with Crippen molar-refractivity contribution in [3.05, 3.63) is 49.8 Å². The largest absolute Gasteiger partial charge is 0.310 e. The Hall–Kier alpha value is -1.46. The Morgan fingerprint density at radius 3 is 2.67 bits per heavy atom. The van der Waals surface area contributed by atoms with Crippen LogP contribution in [0.4, 0.5) is 0 Å². The zero-order chi connectivity index (χ0) is 15.0. The summed E-state index contributed by atoms with van der Waals surface area (Å²) in [7, 11) is 0. The lowest BCUT2D eigenvalue weighted by molar-refractivity contribution is 0.838. The Bertz CT molecular complexity index is 849. The molecule has 0 saturated carbocycles. The van der Waals surface area contributed by atoms with E-state index in [1.165, 1.54) is 0 Å². The van der Waals surface area contributed by atoms with Gasteiger partial charge in [0.2, 0.25) is 0 Å². The highest BCUT2D eigenvalue weighted by Crippen LogP contribution is 2.35. The van der Waals surface area contributed by atoms with Crippen LogP contribution in [0, 0.1) is 6.92 Å². The van der Waals surface area contributed by atoms with Gasteiger partial charge in [-0.05, 0) is 31.0 Å². The summed E-state index contributed by atoms with van der Waals surface area (Å²) in [6.45, 7) is 4.12. The third kappa shape index (κ3) is 2.68. The van der Waals surface area contributed by atoms with Gasteiger partial charge in [0, 0.05) is 21.3 Å². The zero-order valence-corrected chi connectivity index (χ0v) is 14.3. The summed E-state index contributed by atoms with van der Waals surface area (Å²) in [6.07, 6.45) is 1.77. The zero-order valence-electron chi connectivity index (χ0n) is 11.9. The number of nitrogens with one attached hydrogen (secondary N) is 1. The smallest absolute Gasteiger partial charge is 0.260 e. The summed E-state index contributed by atoms with van der Waals surface area (Å²) in [4.78, 5) is 21.9. The van der Waals surface area contributed by atoms with Crippen molar-refractivity contribution < 1.29 is 0 Å². The van der Waals surface area contributed by atoms with Gasteiger partial charge in [-0.1, -0.05) is 35.0 Å². The van der Waals surface area contributed by atoms with Gasteiger partial charge in [-0.2, -0.15) is 0 Å². The minimum absolute atomic E-state index is 0.0364. The molecule has 2 heterocycles. The minimum atomic E-state index is -0.0364. The standard InChI is InChI=1S/C16H15BrN2OS/c1-3-4-12-18-15(20)14-13(9(2)21-16(14)19-12)10-5-7-11(17)8-6-10/h5-8H,3-4H2,1-2H3,(H,18,19,20). The van der Waals surface area contributed by atoms with Crippen molar-refractivity contribution in [1.82, 2.24) is 9.97 Å². The highest BCUT2D eigenvalue weighted by molar-refractivity contribution is 9.10.